The van der Waals surface area contributed by atoms with E-state index in [0.29, 0.717) is 16.6 Å². The summed E-state index contributed by atoms with van der Waals surface area (Å²) in [5.41, 5.74) is 0.404. The molecule has 0 bridgehead atoms. The van der Waals surface area contributed by atoms with E-state index in [1.807, 2.05) is 4.90 Å². The van der Waals surface area contributed by atoms with Gasteiger partial charge in [0.1, 0.15) is 5.75 Å². The molecule has 1 amide bonds. The molecule has 2 saturated heterocycles. The molecule has 2 heterocycles. The minimum atomic E-state index is -0.0608. The Kier molecular flexibility index (Phi) is 4.36. The molecular weight excluding hydrogens is 288 g/mol. The molecule has 0 aromatic heterocycles. The molecule has 3 rings (SSSR count). The fourth-order valence-electron chi connectivity index (χ4n) is 3.50. The fraction of sp³-hybridized carbons (Fsp3) is 0.562. The maximum atomic E-state index is 12.8. The Hall–Kier alpha value is -1.26. The summed E-state index contributed by atoms with van der Waals surface area (Å²) in [6.07, 6.45) is 5.55. The highest BCUT2D eigenvalue weighted by molar-refractivity contribution is 6.33. The number of phenols is 1. The summed E-state index contributed by atoms with van der Waals surface area (Å²) in [6, 6.07) is 5.19. The lowest BCUT2D eigenvalue weighted by molar-refractivity contribution is 0.0563. The number of benzene rings is 1. The third-order valence-corrected chi connectivity index (χ3v) is 4.88. The van der Waals surface area contributed by atoms with Crippen LogP contribution in [-0.2, 0) is 0 Å². The first-order chi connectivity index (χ1) is 10.2. The van der Waals surface area contributed by atoms with Crippen LogP contribution in [0.1, 0.15) is 42.5 Å². The van der Waals surface area contributed by atoms with Crippen LogP contribution in [0.2, 0.25) is 5.02 Å². The average Bonchev–Trinajstić information content (AvgIpc) is 3.03. The molecule has 1 aromatic carbocycles. The van der Waals surface area contributed by atoms with Gasteiger partial charge in [0, 0.05) is 18.6 Å². The van der Waals surface area contributed by atoms with Gasteiger partial charge in [-0.25, -0.2) is 0 Å². The summed E-state index contributed by atoms with van der Waals surface area (Å²) in [5.74, 6) is 0.0181. The summed E-state index contributed by atoms with van der Waals surface area (Å²) in [7, 11) is 0. The van der Waals surface area contributed by atoms with Crippen LogP contribution in [0, 0.1) is 0 Å². The lowest BCUT2D eigenvalue weighted by atomic mass is 9.93. The first kappa shape index (κ1) is 14.7. The zero-order valence-electron chi connectivity index (χ0n) is 12.0. The Labute approximate surface area is 130 Å². The molecule has 21 heavy (non-hydrogen) atoms. The van der Waals surface area contributed by atoms with Crippen LogP contribution in [0.3, 0.4) is 0 Å². The van der Waals surface area contributed by atoms with Crippen LogP contribution in [0.15, 0.2) is 18.2 Å². The number of phenolic OH excluding ortho intramolecular Hbond substituents is 1. The molecular formula is C16H21ClN2O2. The van der Waals surface area contributed by atoms with Gasteiger partial charge in [-0.2, -0.15) is 0 Å². The second kappa shape index (κ2) is 6.24. The van der Waals surface area contributed by atoms with Crippen molar-refractivity contribution >= 4 is 17.5 Å². The van der Waals surface area contributed by atoms with Crippen LogP contribution in [-0.4, -0.2) is 41.1 Å². The number of halogens is 1. The Morgan fingerprint density at radius 2 is 2.14 bits per heavy atom. The van der Waals surface area contributed by atoms with Crippen molar-refractivity contribution in [3.63, 3.8) is 0 Å². The first-order valence-corrected chi connectivity index (χ1v) is 8.07. The maximum absolute atomic E-state index is 12.8. The molecule has 4 nitrogen and oxygen atoms in total. The Bertz CT molecular complexity index is 529. The van der Waals surface area contributed by atoms with E-state index in [0.717, 1.165) is 32.4 Å². The highest BCUT2D eigenvalue weighted by Crippen LogP contribution is 2.29. The number of piperidine rings is 1. The summed E-state index contributed by atoms with van der Waals surface area (Å²) >= 11 is 6.14. The van der Waals surface area contributed by atoms with Gasteiger partial charge in [0.25, 0.3) is 5.91 Å². The number of carbonyl (C=O) groups is 1. The predicted molar refractivity (Wildman–Crippen MR) is 82.8 cm³/mol. The number of hydrogen-bond donors (Lipinski definition) is 2. The van der Waals surface area contributed by atoms with Crippen molar-refractivity contribution in [1.82, 2.24) is 10.2 Å². The number of nitrogens with zero attached hydrogens (tertiary/aromatic N) is 1. The van der Waals surface area contributed by atoms with Crippen molar-refractivity contribution in [3.05, 3.63) is 28.8 Å². The van der Waals surface area contributed by atoms with Crippen LogP contribution >= 0.6 is 11.6 Å². The summed E-state index contributed by atoms with van der Waals surface area (Å²) in [5, 5.41) is 13.5. The van der Waals surface area contributed by atoms with E-state index < -0.39 is 0 Å². The van der Waals surface area contributed by atoms with Crippen molar-refractivity contribution in [2.24, 2.45) is 0 Å². The second-order valence-corrected chi connectivity index (χ2v) is 6.34. The van der Waals surface area contributed by atoms with Gasteiger partial charge in [-0.15, -0.1) is 0 Å². The van der Waals surface area contributed by atoms with Gasteiger partial charge in [0.2, 0.25) is 0 Å². The Morgan fingerprint density at radius 3 is 2.90 bits per heavy atom. The van der Waals surface area contributed by atoms with Gasteiger partial charge in [-0.05, 0) is 56.8 Å². The predicted octanol–water partition coefficient (Wildman–Crippen LogP) is 2.79. The van der Waals surface area contributed by atoms with Gasteiger partial charge in [0.15, 0.2) is 0 Å². The van der Waals surface area contributed by atoms with Crippen molar-refractivity contribution in [2.45, 2.75) is 44.2 Å². The van der Waals surface area contributed by atoms with E-state index >= 15 is 0 Å². The van der Waals surface area contributed by atoms with Crippen molar-refractivity contribution in [2.75, 3.05) is 13.1 Å². The largest absolute Gasteiger partial charge is 0.508 e. The van der Waals surface area contributed by atoms with Gasteiger partial charge in [0.05, 0.1) is 10.6 Å². The SMILES string of the molecule is O=C(c1cc(O)ccc1Cl)N1CCCCC1C1CCCN1. The van der Waals surface area contributed by atoms with E-state index in [9.17, 15) is 9.90 Å². The minimum Gasteiger partial charge on any atom is -0.508 e. The highest BCUT2D eigenvalue weighted by atomic mass is 35.5. The number of hydrogen-bond acceptors (Lipinski definition) is 3. The Balaban J connectivity index is 1.85. The third-order valence-electron chi connectivity index (χ3n) is 4.55. The number of likely N-dealkylation sites (tertiary alicyclic amines) is 1. The summed E-state index contributed by atoms with van der Waals surface area (Å²) < 4.78 is 0. The number of amides is 1. The molecule has 114 valence electrons. The van der Waals surface area contributed by atoms with Crippen molar-refractivity contribution in [3.8, 4) is 5.75 Å². The quantitative estimate of drug-likeness (QED) is 0.883. The van der Waals surface area contributed by atoms with Gasteiger partial charge in [-0.3, -0.25) is 4.79 Å². The summed E-state index contributed by atoms with van der Waals surface area (Å²) in [6.45, 7) is 1.81. The third kappa shape index (κ3) is 3.01. The maximum Gasteiger partial charge on any atom is 0.255 e. The lowest BCUT2D eigenvalue weighted by Crippen LogP contribution is -2.52. The molecule has 0 radical (unpaired) electrons. The van der Waals surface area contributed by atoms with Crippen LogP contribution < -0.4 is 5.32 Å². The van der Waals surface area contributed by atoms with E-state index in [1.165, 1.54) is 25.0 Å². The zero-order chi connectivity index (χ0) is 14.8. The van der Waals surface area contributed by atoms with Crippen molar-refractivity contribution < 1.29 is 9.90 Å². The van der Waals surface area contributed by atoms with Gasteiger partial charge in [-0.1, -0.05) is 11.6 Å². The molecule has 2 aliphatic rings. The minimum absolute atomic E-state index is 0.0608. The molecule has 2 unspecified atom stereocenters. The van der Waals surface area contributed by atoms with Gasteiger partial charge >= 0.3 is 0 Å². The number of rotatable bonds is 2. The molecule has 2 atom stereocenters. The van der Waals surface area contributed by atoms with E-state index in [2.05, 4.69) is 5.32 Å². The fourth-order valence-corrected chi connectivity index (χ4v) is 3.70. The first-order valence-electron chi connectivity index (χ1n) is 7.69. The molecule has 0 spiro atoms. The molecule has 2 aliphatic heterocycles. The molecule has 0 aliphatic carbocycles. The molecule has 1 aromatic rings. The highest BCUT2D eigenvalue weighted by Gasteiger charge is 2.35. The number of aromatic hydroxyl groups is 1. The Morgan fingerprint density at radius 1 is 1.29 bits per heavy atom. The zero-order valence-corrected chi connectivity index (χ0v) is 12.8. The van der Waals surface area contributed by atoms with Crippen molar-refractivity contribution in [1.29, 1.82) is 0 Å². The van der Waals surface area contributed by atoms with E-state index in [1.54, 1.807) is 6.07 Å². The normalized spacial score (nSPS) is 26.0. The molecule has 2 N–H and O–H groups in total. The smallest absolute Gasteiger partial charge is 0.255 e. The van der Waals surface area contributed by atoms with E-state index in [-0.39, 0.29) is 17.7 Å². The van der Waals surface area contributed by atoms with Crippen LogP contribution in [0.25, 0.3) is 0 Å². The van der Waals surface area contributed by atoms with Gasteiger partial charge < -0.3 is 15.3 Å². The molecule has 5 heteroatoms. The standard InChI is InChI=1S/C16H21ClN2O2/c17-13-7-6-11(20)10-12(13)16(21)19-9-2-1-5-15(19)14-4-3-8-18-14/h6-7,10,14-15,18,20H,1-5,8-9H2. The van der Waals surface area contributed by atoms with Crippen LogP contribution in [0.4, 0.5) is 0 Å². The average molecular weight is 309 g/mol. The topological polar surface area (TPSA) is 52.6 Å². The molecule has 0 saturated carbocycles. The second-order valence-electron chi connectivity index (χ2n) is 5.93. The monoisotopic (exact) mass is 308 g/mol. The van der Waals surface area contributed by atoms with E-state index in [4.69, 9.17) is 11.6 Å². The van der Waals surface area contributed by atoms with Crippen LogP contribution in [0.5, 0.6) is 5.75 Å². The number of nitrogens with one attached hydrogen (secondary N) is 1. The lowest BCUT2D eigenvalue weighted by Gasteiger charge is -2.39. The summed E-state index contributed by atoms with van der Waals surface area (Å²) in [4.78, 5) is 14.8. The molecule has 2 fully saturated rings. The number of carbonyl (C=O) groups excluding carboxylic acids is 1.